The van der Waals surface area contributed by atoms with Crippen molar-refractivity contribution in [1.82, 2.24) is 0 Å². The van der Waals surface area contributed by atoms with E-state index in [0.29, 0.717) is 0 Å². The zero-order valence-corrected chi connectivity index (χ0v) is 10.1. The van der Waals surface area contributed by atoms with Gasteiger partial charge >= 0.3 is 0 Å². The number of nitrogens with zero attached hydrogens (tertiary/aromatic N) is 1. The Morgan fingerprint density at radius 2 is 2.06 bits per heavy atom. The SMILES string of the molecule is Cc1cccc(N(CC[O])C(=O)C(C)C)c1. The summed E-state index contributed by atoms with van der Waals surface area (Å²) in [5.74, 6) is -0.0893. The highest BCUT2D eigenvalue weighted by Gasteiger charge is 2.18. The van der Waals surface area contributed by atoms with E-state index in [1.54, 1.807) is 4.90 Å². The van der Waals surface area contributed by atoms with Gasteiger partial charge in [-0.25, -0.2) is 5.11 Å². The number of aryl methyl sites for hydroxylation is 1. The highest BCUT2D eigenvalue weighted by molar-refractivity contribution is 5.94. The van der Waals surface area contributed by atoms with Crippen LogP contribution in [0.25, 0.3) is 0 Å². The Morgan fingerprint density at radius 3 is 2.56 bits per heavy atom. The van der Waals surface area contributed by atoms with E-state index in [2.05, 4.69) is 0 Å². The summed E-state index contributed by atoms with van der Waals surface area (Å²) in [7, 11) is 0. The minimum absolute atomic E-state index is 0.00134. The van der Waals surface area contributed by atoms with Crippen LogP contribution in [0.2, 0.25) is 0 Å². The summed E-state index contributed by atoms with van der Waals surface area (Å²) >= 11 is 0. The first-order valence-corrected chi connectivity index (χ1v) is 5.52. The monoisotopic (exact) mass is 220 g/mol. The Labute approximate surface area is 96.7 Å². The van der Waals surface area contributed by atoms with Crippen LogP contribution in [-0.2, 0) is 9.90 Å². The minimum atomic E-state index is -0.271. The van der Waals surface area contributed by atoms with Gasteiger partial charge in [0.05, 0.1) is 6.54 Å². The predicted molar refractivity (Wildman–Crippen MR) is 63.9 cm³/mol. The summed E-state index contributed by atoms with van der Waals surface area (Å²) in [5.41, 5.74) is 1.90. The van der Waals surface area contributed by atoms with Crippen LogP contribution < -0.4 is 4.90 Å². The molecule has 0 unspecified atom stereocenters. The molecule has 87 valence electrons. The van der Waals surface area contributed by atoms with Crippen molar-refractivity contribution in [2.45, 2.75) is 20.8 Å². The van der Waals surface area contributed by atoms with Gasteiger partial charge in [-0.1, -0.05) is 26.0 Å². The molecule has 0 aromatic heterocycles. The lowest BCUT2D eigenvalue weighted by atomic mass is 10.1. The second-order valence-corrected chi connectivity index (χ2v) is 4.19. The van der Waals surface area contributed by atoms with E-state index < -0.39 is 0 Å². The lowest BCUT2D eigenvalue weighted by Crippen LogP contribution is -2.36. The molecular weight excluding hydrogens is 202 g/mol. The Kier molecular flexibility index (Phi) is 4.50. The number of hydrogen-bond acceptors (Lipinski definition) is 1. The molecule has 0 aliphatic heterocycles. The van der Waals surface area contributed by atoms with Gasteiger partial charge < -0.3 is 4.90 Å². The minimum Gasteiger partial charge on any atom is -0.310 e. The van der Waals surface area contributed by atoms with Crippen LogP contribution in [0.15, 0.2) is 24.3 Å². The third-order valence-corrected chi connectivity index (χ3v) is 2.39. The van der Waals surface area contributed by atoms with E-state index in [1.807, 2.05) is 45.0 Å². The molecule has 0 saturated carbocycles. The molecule has 1 radical (unpaired) electrons. The van der Waals surface area contributed by atoms with Gasteiger partial charge in [0.1, 0.15) is 6.61 Å². The molecule has 3 heteroatoms. The van der Waals surface area contributed by atoms with Crippen LogP contribution in [-0.4, -0.2) is 19.1 Å². The maximum absolute atomic E-state index is 11.9. The Morgan fingerprint density at radius 1 is 1.38 bits per heavy atom. The molecule has 0 N–H and O–H groups in total. The van der Waals surface area contributed by atoms with Crippen molar-refractivity contribution in [3.63, 3.8) is 0 Å². The molecular formula is C13H18NO2. The Bertz CT molecular complexity index is 361. The van der Waals surface area contributed by atoms with Gasteiger partial charge in [0.2, 0.25) is 5.91 Å². The maximum atomic E-state index is 11.9. The first kappa shape index (κ1) is 12.7. The van der Waals surface area contributed by atoms with Crippen molar-refractivity contribution in [2.24, 2.45) is 5.92 Å². The van der Waals surface area contributed by atoms with Crippen molar-refractivity contribution < 1.29 is 9.90 Å². The molecule has 1 amide bonds. The Hall–Kier alpha value is -1.35. The van der Waals surface area contributed by atoms with Crippen LogP contribution in [0, 0.1) is 12.8 Å². The molecule has 1 aromatic rings. The molecule has 0 spiro atoms. The summed E-state index contributed by atoms with van der Waals surface area (Å²) in [6.45, 7) is 5.62. The third-order valence-electron chi connectivity index (χ3n) is 2.39. The standard InChI is InChI=1S/C13H18NO2/c1-10(2)13(16)14(7-8-15)12-6-4-5-11(3)9-12/h4-6,9-10H,7-8H2,1-3H3. The second kappa shape index (κ2) is 5.66. The van der Waals surface area contributed by atoms with Gasteiger partial charge in [0.15, 0.2) is 0 Å². The largest absolute Gasteiger partial charge is 0.310 e. The van der Waals surface area contributed by atoms with E-state index in [1.165, 1.54) is 0 Å². The smallest absolute Gasteiger partial charge is 0.229 e. The molecule has 0 aliphatic rings. The number of carbonyl (C=O) groups excluding carboxylic acids is 1. The third kappa shape index (κ3) is 3.07. The number of benzene rings is 1. The molecule has 0 bridgehead atoms. The second-order valence-electron chi connectivity index (χ2n) is 4.19. The topological polar surface area (TPSA) is 40.2 Å². The maximum Gasteiger partial charge on any atom is 0.229 e. The molecule has 3 nitrogen and oxygen atoms in total. The highest BCUT2D eigenvalue weighted by atomic mass is 16.3. The fourth-order valence-corrected chi connectivity index (χ4v) is 1.57. The van der Waals surface area contributed by atoms with Crippen LogP contribution in [0.1, 0.15) is 19.4 Å². The molecule has 16 heavy (non-hydrogen) atoms. The predicted octanol–water partition coefficient (Wildman–Crippen LogP) is 2.41. The van der Waals surface area contributed by atoms with Crippen LogP contribution in [0.3, 0.4) is 0 Å². The van der Waals surface area contributed by atoms with Crippen molar-refractivity contribution in [2.75, 3.05) is 18.1 Å². The summed E-state index contributed by atoms with van der Waals surface area (Å²) in [5, 5.41) is 10.7. The van der Waals surface area contributed by atoms with Crippen LogP contribution >= 0.6 is 0 Å². The Balaban J connectivity index is 2.97. The van der Waals surface area contributed by atoms with Crippen LogP contribution in [0.4, 0.5) is 5.69 Å². The molecule has 0 aliphatic carbocycles. The van der Waals surface area contributed by atoms with Crippen molar-refractivity contribution in [3.8, 4) is 0 Å². The number of carbonyl (C=O) groups is 1. The van der Waals surface area contributed by atoms with Gasteiger partial charge in [-0.05, 0) is 24.6 Å². The molecule has 0 heterocycles. The van der Waals surface area contributed by atoms with E-state index in [0.717, 1.165) is 11.3 Å². The van der Waals surface area contributed by atoms with Gasteiger partial charge in [-0.3, -0.25) is 4.79 Å². The van der Waals surface area contributed by atoms with Crippen molar-refractivity contribution in [1.29, 1.82) is 0 Å². The zero-order valence-electron chi connectivity index (χ0n) is 10.1. The van der Waals surface area contributed by atoms with Gasteiger partial charge in [0.25, 0.3) is 0 Å². The molecule has 0 atom stereocenters. The van der Waals surface area contributed by atoms with E-state index >= 15 is 0 Å². The van der Waals surface area contributed by atoms with Crippen molar-refractivity contribution in [3.05, 3.63) is 29.8 Å². The highest BCUT2D eigenvalue weighted by Crippen LogP contribution is 2.17. The average Bonchev–Trinajstić information content (AvgIpc) is 2.24. The average molecular weight is 220 g/mol. The van der Waals surface area contributed by atoms with E-state index in [4.69, 9.17) is 0 Å². The number of hydrogen-bond donors (Lipinski definition) is 0. The molecule has 1 rings (SSSR count). The van der Waals surface area contributed by atoms with Gasteiger partial charge in [0, 0.05) is 11.6 Å². The fourth-order valence-electron chi connectivity index (χ4n) is 1.57. The lowest BCUT2D eigenvalue weighted by molar-refractivity contribution is -0.121. The van der Waals surface area contributed by atoms with E-state index in [9.17, 15) is 9.90 Å². The first-order chi connectivity index (χ1) is 7.56. The normalized spacial score (nSPS) is 10.6. The van der Waals surface area contributed by atoms with Gasteiger partial charge in [-0.2, -0.15) is 0 Å². The first-order valence-electron chi connectivity index (χ1n) is 5.52. The fraction of sp³-hybridized carbons (Fsp3) is 0.462. The lowest BCUT2D eigenvalue weighted by Gasteiger charge is -2.23. The van der Waals surface area contributed by atoms with Crippen molar-refractivity contribution >= 4 is 11.6 Å². The number of anilines is 1. The summed E-state index contributed by atoms with van der Waals surface area (Å²) in [4.78, 5) is 13.5. The molecule has 0 fully saturated rings. The zero-order chi connectivity index (χ0) is 12.1. The van der Waals surface area contributed by atoms with E-state index in [-0.39, 0.29) is 25.0 Å². The molecule has 1 aromatic carbocycles. The number of amides is 1. The molecule has 0 saturated heterocycles. The summed E-state index contributed by atoms with van der Waals surface area (Å²) in [6, 6.07) is 7.66. The summed E-state index contributed by atoms with van der Waals surface area (Å²) in [6.07, 6.45) is 0. The number of rotatable bonds is 4. The quantitative estimate of drug-likeness (QED) is 0.768. The van der Waals surface area contributed by atoms with Gasteiger partial charge in [-0.15, -0.1) is 0 Å². The summed E-state index contributed by atoms with van der Waals surface area (Å²) < 4.78 is 0. The van der Waals surface area contributed by atoms with Crippen LogP contribution in [0.5, 0.6) is 0 Å².